The average molecular weight is 298 g/mol. The molecule has 1 aromatic carbocycles. The third-order valence-electron chi connectivity index (χ3n) is 2.66. The maximum Gasteiger partial charge on any atom is 0.267 e. The highest BCUT2D eigenvalue weighted by atomic mass is 35.5. The Balaban J connectivity index is 2.41. The SMILES string of the molecule is CC(C)c1cc(Oc2c(F)cc(N)cc2Cl)n[nH]c1=O. The van der Waals surface area contributed by atoms with Crippen LogP contribution in [0.3, 0.4) is 0 Å². The summed E-state index contributed by atoms with van der Waals surface area (Å²) >= 11 is 5.87. The minimum atomic E-state index is -0.700. The van der Waals surface area contributed by atoms with E-state index in [1.54, 1.807) is 0 Å². The molecule has 7 heteroatoms. The van der Waals surface area contributed by atoms with Crippen molar-refractivity contribution >= 4 is 17.3 Å². The van der Waals surface area contributed by atoms with Crippen LogP contribution >= 0.6 is 11.6 Å². The zero-order chi connectivity index (χ0) is 14.9. The molecule has 0 amide bonds. The first-order chi connectivity index (χ1) is 9.38. The number of ether oxygens (including phenoxy) is 1. The molecule has 0 aliphatic rings. The summed E-state index contributed by atoms with van der Waals surface area (Å²) in [5.41, 5.74) is 5.83. The Labute approximate surface area is 119 Å². The van der Waals surface area contributed by atoms with Crippen LogP contribution in [-0.4, -0.2) is 10.2 Å². The fourth-order valence-corrected chi connectivity index (χ4v) is 1.92. The van der Waals surface area contributed by atoms with Crippen molar-refractivity contribution in [3.05, 3.63) is 45.0 Å². The van der Waals surface area contributed by atoms with Gasteiger partial charge in [-0.3, -0.25) is 4.79 Å². The number of rotatable bonds is 3. The van der Waals surface area contributed by atoms with E-state index in [0.29, 0.717) is 5.56 Å². The first-order valence-corrected chi connectivity index (χ1v) is 6.28. The number of hydrogen-bond acceptors (Lipinski definition) is 4. The lowest BCUT2D eigenvalue weighted by molar-refractivity contribution is 0.420. The number of nitrogens with one attached hydrogen (secondary N) is 1. The van der Waals surface area contributed by atoms with Crippen molar-refractivity contribution in [2.24, 2.45) is 0 Å². The van der Waals surface area contributed by atoms with Crippen molar-refractivity contribution in [3.8, 4) is 11.6 Å². The second kappa shape index (κ2) is 5.50. The van der Waals surface area contributed by atoms with Crippen LogP contribution < -0.4 is 16.0 Å². The predicted molar refractivity (Wildman–Crippen MR) is 74.8 cm³/mol. The minimum Gasteiger partial charge on any atom is -0.433 e. The van der Waals surface area contributed by atoms with E-state index >= 15 is 0 Å². The van der Waals surface area contributed by atoms with E-state index in [2.05, 4.69) is 10.2 Å². The van der Waals surface area contributed by atoms with Gasteiger partial charge in [-0.05, 0) is 12.0 Å². The van der Waals surface area contributed by atoms with Crippen molar-refractivity contribution in [3.63, 3.8) is 0 Å². The Hall–Kier alpha value is -2.08. The standard InChI is InChI=1S/C13H13ClFN3O2/c1-6(2)8-5-11(17-18-13(8)19)20-12-9(14)3-7(16)4-10(12)15/h3-6H,16H2,1-2H3,(H,18,19). The number of nitrogens with zero attached hydrogens (tertiary/aromatic N) is 1. The van der Waals surface area contributed by atoms with Gasteiger partial charge in [-0.25, -0.2) is 9.49 Å². The highest BCUT2D eigenvalue weighted by Crippen LogP contribution is 2.33. The second-order valence-electron chi connectivity index (χ2n) is 4.56. The summed E-state index contributed by atoms with van der Waals surface area (Å²) in [6, 6.07) is 3.92. The normalized spacial score (nSPS) is 10.8. The molecule has 0 unspecified atom stereocenters. The van der Waals surface area contributed by atoms with E-state index in [-0.39, 0.29) is 33.8 Å². The van der Waals surface area contributed by atoms with Gasteiger partial charge in [0.1, 0.15) is 0 Å². The smallest absolute Gasteiger partial charge is 0.267 e. The molecule has 0 saturated carbocycles. The van der Waals surface area contributed by atoms with Crippen LogP contribution in [0.1, 0.15) is 25.3 Å². The third kappa shape index (κ3) is 2.91. The van der Waals surface area contributed by atoms with Crippen LogP contribution in [0.5, 0.6) is 11.6 Å². The van der Waals surface area contributed by atoms with Gasteiger partial charge in [0, 0.05) is 23.4 Å². The number of aromatic amines is 1. The molecule has 106 valence electrons. The van der Waals surface area contributed by atoms with Gasteiger partial charge >= 0.3 is 0 Å². The highest BCUT2D eigenvalue weighted by molar-refractivity contribution is 6.32. The van der Waals surface area contributed by atoms with E-state index in [1.807, 2.05) is 13.8 Å². The molecule has 0 aliphatic carbocycles. The molecule has 1 aromatic heterocycles. The molecule has 0 spiro atoms. The molecule has 2 aromatic rings. The maximum atomic E-state index is 13.7. The number of halogens is 2. The van der Waals surface area contributed by atoms with Gasteiger partial charge in [0.2, 0.25) is 5.88 Å². The minimum absolute atomic E-state index is 0.0177. The van der Waals surface area contributed by atoms with Gasteiger partial charge in [-0.15, -0.1) is 5.10 Å². The van der Waals surface area contributed by atoms with Crippen molar-refractivity contribution in [1.29, 1.82) is 0 Å². The van der Waals surface area contributed by atoms with Crippen LogP contribution in [-0.2, 0) is 0 Å². The fraction of sp³-hybridized carbons (Fsp3) is 0.231. The van der Waals surface area contributed by atoms with E-state index in [4.69, 9.17) is 22.1 Å². The number of nitrogen functional groups attached to an aromatic ring is 1. The number of aromatic nitrogens is 2. The van der Waals surface area contributed by atoms with E-state index in [9.17, 15) is 9.18 Å². The highest BCUT2D eigenvalue weighted by Gasteiger charge is 2.14. The Bertz CT molecular complexity index is 677. The van der Waals surface area contributed by atoms with Crippen LogP contribution in [0, 0.1) is 5.82 Å². The van der Waals surface area contributed by atoms with E-state index < -0.39 is 5.82 Å². The first kappa shape index (κ1) is 14.3. The quantitative estimate of drug-likeness (QED) is 0.853. The summed E-state index contributed by atoms with van der Waals surface area (Å²) in [4.78, 5) is 11.6. The molecule has 1 heterocycles. The first-order valence-electron chi connectivity index (χ1n) is 5.90. The van der Waals surface area contributed by atoms with Crippen LogP contribution in [0.25, 0.3) is 0 Å². The number of hydrogen-bond donors (Lipinski definition) is 2. The predicted octanol–water partition coefficient (Wildman–Crippen LogP) is 3.06. The second-order valence-corrected chi connectivity index (χ2v) is 4.97. The van der Waals surface area contributed by atoms with Gasteiger partial charge in [0.25, 0.3) is 5.56 Å². The summed E-state index contributed by atoms with van der Waals surface area (Å²) in [6.07, 6.45) is 0. The van der Waals surface area contributed by atoms with Crippen molar-refractivity contribution in [1.82, 2.24) is 10.2 Å². The van der Waals surface area contributed by atoms with Crippen molar-refractivity contribution in [2.75, 3.05) is 5.73 Å². The zero-order valence-electron chi connectivity index (χ0n) is 10.9. The largest absolute Gasteiger partial charge is 0.433 e. The molecule has 0 fully saturated rings. The van der Waals surface area contributed by atoms with Crippen molar-refractivity contribution in [2.45, 2.75) is 19.8 Å². The molecule has 2 rings (SSSR count). The molecular weight excluding hydrogens is 285 g/mol. The number of nitrogens with two attached hydrogens (primary N) is 1. The van der Waals surface area contributed by atoms with Gasteiger partial charge < -0.3 is 10.5 Å². The Morgan fingerprint density at radius 3 is 2.70 bits per heavy atom. The number of benzene rings is 1. The molecule has 0 atom stereocenters. The Kier molecular flexibility index (Phi) is 3.94. The fourth-order valence-electron chi connectivity index (χ4n) is 1.66. The summed E-state index contributed by atoms with van der Waals surface area (Å²) in [5.74, 6) is -0.848. The summed E-state index contributed by atoms with van der Waals surface area (Å²) < 4.78 is 19.0. The Morgan fingerprint density at radius 2 is 2.10 bits per heavy atom. The van der Waals surface area contributed by atoms with Gasteiger partial charge in [0.15, 0.2) is 11.6 Å². The average Bonchev–Trinajstić information content (AvgIpc) is 2.35. The molecule has 0 bridgehead atoms. The topological polar surface area (TPSA) is 81.0 Å². The maximum absolute atomic E-state index is 13.7. The number of anilines is 1. The molecule has 5 nitrogen and oxygen atoms in total. The number of H-pyrrole nitrogens is 1. The lowest BCUT2D eigenvalue weighted by atomic mass is 10.1. The summed E-state index contributed by atoms with van der Waals surface area (Å²) in [6.45, 7) is 3.70. The van der Waals surface area contributed by atoms with Crippen LogP contribution in [0.15, 0.2) is 23.0 Å². The molecule has 0 aliphatic heterocycles. The molecule has 0 radical (unpaired) electrons. The monoisotopic (exact) mass is 297 g/mol. The van der Waals surface area contributed by atoms with Crippen LogP contribution in [0.2, 0.25) is 5.02 Å². The van der Waals surface area contributed by atoms with E-state index in [1.165, 1.54) is 12.1 Å². The van der Waals surface area contributed by atoms with Gasteiger partial charge in [0.05, 0.1) is 5.02 Å². The lowest BCUT2D eigenvalue weighted by Gasteiger charge is -2.10. The van der Waals surface area contributed by atoms with Crippen LogP contribution in [0.4, 0.5) is 10.1 Å². The lowest BCUT2D eigenvalue weighted by Crippen LogP contribution is -2.15. The summed E-state index contributed by atoms with van der Waals surface area (Å²) in [7, 11) is 0. The van der Waals surface area contributed by atoms with Gasteiger partial charge in [-0.2, -0.15) is 0 Å². The zero-order valence-corrected chi connectivity index (χ0v) is 11.7. The van der Waals surface area contributed by atoms with Gasteiger partial charge in [-0.1, -0.05) is 25.4 Å². The molecule has 20 heavy (non-hydrogen) atoms. The van der Waals surface area contributed by atoms with Crippen molar-refractivity contribution < 1.29 is 9.13 Å². The molecular formula is C13H13ClFN3O2. The Morgan fingerprint density at radius 1 is 1.40 bits per heavy atom. The summed E-state index contributed by atoms with van der Waals surface area (Å²) in [5, 5.41) is 6.03. The molecule has 0 saturated heterocycles. The van der Waals surface area contributed by atoms with E-state index in [0.717, 1.165) is 6.07 Å². The molecule has 3 N–H and O–H groups in total. The third-order valence-corrected chi connectivity index (χ3v) is 2.94.